The molecule has 8 heteroatoms. The average molecular weight is 489 g/mol. The van der Waals surface area contributed by atoms with Crippen LogP contribution in [-0.4, -0.2) is 52.3 Å². The van der Waals surface area contributed by atoms with Gasteiger partial charge in [-0.3, -0.25) is 9.59 Å². The summed E-state index contributed by atoms with van der Waals surface area (Å²) in [6, 6.07) is -1.38. The van der Waals surface area contributed by atoms with Crippen LogP contribution in [-0.2, 0) is 19.2 Å². The first kappa shape index (κ1) is 25.9. The number of oxime groups is 1. The van der Waals surface area contributed by atoms with E-state index >= 15 is 0 Å². The Balaban J connectivity index is 1.40. The molecule has 194 valence electrons. The molecule has 0 saturated heterocycles. The number of Topliss-reactive ketones (excluding diaryl/α,β-unsaturated/α-hetero) is 1. The van der Waals surface area contributed by atoms with Crippen molar-refractivity contribution in [2.75, 3.05) is 6.61 Å². The van der Waals surface area contributed by atoms with Crippen molar-refractivity contribution in [1.82, 2.24) is 5.32 Å². The molecule has 3 N–H and O–H groups in total. The number of carbonyl (C=O) groups is 3. The van der Waals surface area contributed by atoms with E-state index in [-0.39, 0.29) is 16.7 Å². The summed E-state index contributed by atoms with van der Waals surface area (Å²) in [5, 5.41) is 25.0. The lowest BCUT2D eigenvalue weighted by molar-refractivity contribution is -0.145. The highest BCUT2D eigenvalue weighted by Gasteiger charge is 2.59. The standard InChI is InChI=1S/C27H40N2O6/c1-15(30)20-7-8-21-19-6-5-17-13-18(9-11-26(17,3)22(19)10-12-27(20,21)4)29-35-14-23(32)28-24(16(2)31)25(33)34/h13,16,19-22,24,31H,5-12,14H2,1-4H3,(H,28,32)(H,33,34)/b29-18+/t16-,19+,20-,21+,22+,24-,26+,27-/m1/s1. The van der Waals surface area contributed by atoms with E-state index in [2.05, 4.69) is 30.4 Å². The normalized spacial score (nSPS) is 38.9. The highest BCUT2D eigenvalue weighted by atomic mass is 16.6. The van der Waals surface area contributed by atoms with Crippen molar-refractivity contribution in [1.29, 1.82) is 0 Å². The van der Waals surface area contributed by atoms with Gasteiger partial charge in [0.25, 0.3) is 5.91 Å². The zero-order valence-corrected chi connectivity index (χ0v) is 21.4. The number of carboxylic acids is 1. The Morgan fingerprint density at radius 1 is 1.14 bits per heavy atom. The number of rotatable bonds is 7. The highest BCUT2D eigenvalue weighted by Crippen LogP contribution is 2.66. The molecule has 0 bridgehead atoms. The topological polar surface area (TPSA) is 125 Å². The van der Waals surface area contributed by atoms with Crippen molar-refractivity contribution in [3.05, 3.63) is 11.6 Å². The molecule has 35 heavy (non-hydrogen) atoms. The summed E-state index contributed by atoms with van der Waals surface area (Å²) >= 11 is 0. The van der Waals surface area contributed by atoms with E-state index < -0.39 is 30.6 Å². The van der Waals surface area contributed by atoms with E-state index in [9.17, 15) is 19.5 Å². The molecule has 4 aliphatic rings. The first-order chi connectivity index (χ1) is 16.5. The lowest BCUT2D eigenvalue weighted by Gasteiger charge is -2.58. The van der Waals surface area contributed by atoms with Crippen molar-refractivity contribution in [3.8, 4) is 0 Å². The molecule has 4 rings (SSSR count). The third-order valence-electron chi connectivity index (χ3n) is 9.91. The van der Waals surface area contributed by atoms with Gasteiger partial charge in [-0.25, -0.2) is 4.79 Å². The van der Waals surface area contributed by atoms with Crippen LogP contribution in [0.3, 0.4) is 0 Å². The summed E-state index contributed by atoms with van der Waals surface area (Å²) in [6.07, 6.45) is 9.42. The second-order valence-corrected chi connectivity index (χ2v) is 11.8. The monoisotopic (exact) mass is 488 g/mol. The van der Waals surface area contributed by atoms with E-state index in [1.165, 1.54) is 25.3 Å². The van der Waals surface area contributed by atoms with Crippen molar-refractivity contribution in [3.63, 3.8) is 0 Å². The Labute approximate surface area is 207 Å². The molecule has 0 aliphatic heterocycles. The number of amides is 1. The lowest BCUT2D eigenvalue weighted by atomic mass is 9.46. The fourth-order valence-corrected chi connectivity index (χ4v) is 8.09. The molecule has 0 aromatic rings. The number of fused-ring (bicyclic) bond motifs is 5. The molecule has 8 atom stereocenters. The Hall–Kier alpha value is -2.22. The summed E-state index contributed by atoms with van der Waals surface area (Å²) in [4.78, 5) is 40.7. The predicted molar refractivity (Wildman–Crippen MR) is 131 cm³/mol. The number of aliphatic carboxylic acids is 1. The molecule has 1 amide bonds. The zero-order valence-electron chi connectivity index (χ0n) is 21.4. The van der Waals surface area contributed by atoms with Crippen molar-refractivity contribution < 1.29 is 29.4 Å². The van der Waals surface area contributed by atoms with Gasteiger partial charge in [-0.1, -0.05) is 24.6 Å². The van der Waals surface area contributed by atoms with Crippen molar-refractivity contribution in [2.24, 2.45) is 39.7 Å². The fraction of sp³-hybridized carbons (Fsp3) is 0.778. The number of nitrogens with zero attached hydrogens (tertiary/aromatic N) is 1. The molecular formula is C27H40N2O6. The van der Waals surface area contributed by atoms with Gasteiger partial charge < -0.3 is 20.4 Å². The molecule has 0 spiro atoms. The van der Waals surface area contributed by atoms with Gasteiger partial charge >= 0.3 is 5.97 Å². The number of carbonyl (C=O) groups excluding carboxylic acids is 2. The zero-order chi connectivity index (χ0) is 25.5. The molecule has 3 saturated carbocycles. The fourth-order valence-electron chi connectivity index (χ4n) is 8.09. The first-order valence-corrected chi connectivity index (χ1v) is 13.1. The van der Waals surface area contributed by atoms with E-state index in [4.69, 9.17) is 9.94 Å². The van der Waals surface area contributed by atoms with Crippen molar-refractivity contribution in [2.45, 2.75) is 91.2 Å². The molecule has 3 fully saturated rings. The molecule has 0 aromatic heterocycles. The van der Waals surface area contributed by atoms with Gasteiger partial charge in [-0.2, -0.15) is 0 Å². The Bertz CT molecular complexity index is 942. The number of allylic oxidation sites excluding steroid dienone is 2. The number of hydrogen-bond donors (Lipinski definition) is 3. The molecule has 0 unspecified atom stereocenters. The Kier molecular flexibility index (Phi) is 7.15. The van der Waals surface area contributed by atoms with Crippen LogP contribution in [0.4, 0.5) is 0 Å². The van der Waals surface area contributed by atoms with Crippen molar-refractivity contribution >= 4 is 23.4 Å². The van der Waals surface area contributed by atoms with Gasteiger partial charge in [0.2, 0.25) is 0 Å². The van der Waals surface area contributed by atoms with Crippen LogP contribution in [0, 0.1) is 34.5 Å². The minimum Gasteiger partial charge on any atom is -0.480 e. The number of carboxylic acid groups (broad SMARTS) is 1. The molecule has 0 radical (unpaired) electrons. The minimum absolute atomic E-state index is 0.140. The van der Waals surface area contributed by atoms with Crippen LogP contribution in [0.5, 0.6) is 0 Å². The highest BCUT2D eigenvalue weighted by molar-refractivity contribution is 5.96. The number of ketones is 1. The smallest absolute Gasteiger partial charge is 0.328 e. The van der Waals surface area contributed by atoms with Gasteiger partial charge in [0.05, 0.1) is 11.8 Å². The lowest BCUT2D eigenvalue weighted by Crippen LogP contribution is -2.51. The van der Waals surface area contributed by atoms with Crippen LogP contribution in [0.1, 0.15) is 79.1 Å². The maximum Gasteiger partial charge on any atom is 0.328 e. The Morgan fingerprint density at radius 2 is 1.89 bits per heavy atom. The molecular weight excluding hydrogens is 448 g/mol. The predicted octanol–water partition coefficient (Wildman–Crippen LogP) is 3.48. The van der Waals surface area contributed by atoms with Gasteiger partial charge in [0.15, 0.2) is 12.6 Å². The number of nitrogens with one attached hydrogen (secondary N) is 1. The van der Waals surface area contributed by atoms with Crippen LogP contribution in [0.2, 0.25) is 0 Å². The largest absolute Gasteiger partial charge is 0.480 e. The molecule has 4 aliphatic carbocycles. The maximum absolute atomic E-state index is 12.3. The van der Waals surface area contributed by atoms with Gasteiger partial charge in [0.1, 0.15) is 5.78 Å². The molecule has 0 heterocycles. The summed E-state index contributed by atoms with van der Waals surface area (Å²) in [5.74, 6) is 0.604. The summed E-state index contributed by atoms with van der Waals surface area (Å²) in [6.45, 7) is 7.46. The van der Waals surface area contributed by atoms with E-state index in [0.717, 1.165) is 44.2 Å². The van der Waals surface area contributed by atoms with E-state index in [0.29, 0.717) is 23.5 Å². The average Bonchev–Trinajstić information content (AvgIpc) is 3.14. The third kappa shape index (κ3) is 4.66. The summed E-state index contributed by atoms with van der Waals surface area (Å²) < 4.78 is 0. The van der Waals surface area contributed by atoms with Gasteiger partial charge in [-0.05, 0) is 99.9 Å². The quantitative estimate of drug-likeness (QED) is 0.471. The number of aliphatic hydroxyl groups excluding tert-OH is 1. The van der Waals surface area contributed by atoms with E-state index in [1.807, 2.05) is 0 Å². The van der Waals surface area contributed by atoms with E-state index in [1.54, 1.807) is 6.92 Å². The second kappa shape index (κ2) is 9.68. The minimum atomic E-state index is -1.38. The SMILES string of the molecule is CC(=O)[C@H]1CC[C@H]2[C@@H]3CCC4=C/C(=N/OCC(=O)N[C@@H](C(=O)O)[C@@H](C)O)CC[C@]4(C)[C@H]3CC[C@]12C. The van der Waals surface area contributed by atoms with Gasteiger partial charge in [0, 0.05) is 5.92 Å². The van der Waals surface area contributed by atoms with Crippen LogP contribution in [0.15, 0.2) is 16.8 Å². The third-order valence-corrected chi connectivity index (χ3v) is 9.91. The summed E-state index contributed by atoms with van der Waals surface area (Å²) in [5.41, 5.74) is 2.53. The summed E-state index contributed by atoms with van der Waals surface area (Å²) in [7, 11) is 0. The maximum atomic E-state index is 12.3. The van der Waals surface area contributed by atoms with Crippen LogP contribution >= 0.6 is 0 Å². The number of aliphatic hydroxyl groups is 1. The van der Waals surface area contributed by atoms with Gasteiger partial charge in [-0.15, -0.1) is 0 Å². The van der Waals surface area contributed by atoms with Crippen LogP contribution in [0.25, 0.3) is 0 Å². The molecule has 8 nitrogen and oxygen atoms in total. The first-order valence-electron chi connectivity index (χ1n) is 13.1. The second-order valence-electron chi connectivity index (χ2n) is 11.8. The van der Waals surface area contributed by atoms with Crippen LogP contribution < -0.4 is 5.32 Å². The number of hydrogen-bond acceptors (Lipinski definition) is 6. The molecule has 0 aromatic carbocycles. The Morgan fingerprint density at radius 3 is 2.54 bits per heavy atom.